The highest BCUT2D eigenvalue weighted by atomic mass is 79.9. The Kier molecular flexibility index (Phi) is 6.99. The predicted octanol–water partition coefficient (Wildman–Crippen LogP) is 2.36. The molecule has 0 saturated heterocycles. The van der Waals surface area contributed by atoms with Crippen LogP contribution in [0.1, 0.15) is 31.7 Å². The number of carbonyl (C=O) groups is 1. The number of hydrogen-bond acceptors (Lipinski definition) is 4. The number of nitrogens with one attached hydrogen (secondary N) is 1. The Hall–Kier alpha value is -0.430. The molecule has 0 aliphatic rings. The number of likely N-dealkylation sites (N-methyl/N-ethyl adjacent to an activating group) is 2. The molecule has 19 heavy (non-hydrogen) atoms. The summed E-state index contributed by atoms with van der Waals surface area (Å²) in [5.74, 6) is 0.0469. The molecule has 0 bridgehead atoms. The topological polar surface area (TPSA) is 58.4 Å². The molecule has 0 saturated carbocycles. The van der Waals surface area contributed by atoms with Gasteiger partial charge in [0, 0.05) is 17.5 Å². The van der Waals surface area contributed by atoms with Gasteiger partial charge in [-0.25, -0.2) is 0 Å². The minimum absolute atomic E-state index is 0.0278. The van der Waals surface area contributed by atoms with Crippen molar-refractivity contribution in [1.29, 1.82) is 0 Å². The van der Waals surface area contributed by atoms with Gasteiger partial charge in [-0.15, -0.1) is 11.3 Å². The van der Waals surface area contributed by atoms with Crippen LogP contribution in [0.25, 0.3) is 0 Å². The monoisotopic (exact) mass is 347 g/mol. The molecule has 0 radical (unpaired) electrons. The van der Waals surface area contributed by atoms with Crippen molar-refractivity contribution in [2.24, 2.45) is 5.73 Å². The van der Waals surface area contributed by atoms with Crippen LogP contribution in [0, 0.1) is 0 Å². The van der Waals surface area contributed by atoms with Crippen molar-refractivity contribution < 1.29 is 4.79 Å². The zero-order valence-corrected chi connectivity index (χ0v) is 14.1. The van der Waals surface area contributed by atoms with Crippen LogP contribution >= 0.6 is 27.3 Å². The summed E-state index contributed by atoms with van der Waals surface area (Å²) in [4.78, 5) is 15.1. The van der Waals surface area contributed by atoms with Crippen molar-refractivity contribution in [3.63, 3.8) is 0 Å². The van der Waals surface area contributed by atoms with Crippen molar-refractivity contribution >= 4 is 33.2 Å². The Bertz CT molecular complexity index is 408. The van der Waals surface area contributed by atoms with Crippen LogP contribution in [0.4, 0.5) is 0 Å². The van der Waals surface area contributed by atoms with E-state index in [-0.39, 0.29) is 18.0 Å². The molecule has 0 fully saturated rings. The van der Waals surface area contributed by atoms with E-state index in [4.69, 9.17) is 5.73 Å². The fourth-order valence-electron chi connectivity index (χ4n) is 2.10. The average molecular weight is 348 g/mol. The summed E-state index contributed by atoms with van der Waals surface area (Å²) >= 11 is 5.15. The molecular weight excluding hydrogens is 326 g/mol. The summed E-state index contributed by atoms with van der Waals surface area (Å²) < 4.78 is 1.09. The largest absolute Gasteiger partial charge is 0.355 e. The number of nitrogens with two attached hydrogens (primary N) is 1. The highest BCUT2D eigenvalue weighted by Gasteiger charge is 2.25. The lowest BCUT2D eigenvalue weighted by molar-refractivity contribution is -0.122. The summed E-state index contributed by atoms with van der Waals surface area (Å²) in [6, 6.07) is 4.14. The first-order valence-corrected chi connectivity index (χ1v) is 8.12. The maximum absolute atomic E-state index is 11.8. The van der Waals surface area contributed by atoms with Gasteiger partial charge in [0.25, 0.3) is 0 Å². The molecular formula is C13H22BrN3OS. The first kappa shape index (κ1) is 16.6. The summed E-state index contributed by atoms with van der Waals surface area (Å²) in [7, 11) is 0. The van der Waals surface area contributed by atoms with Crippen molar-refractivity contribution in [3.05, 3.63) is 20.8 Å². The van der Waals surface area contributed by atoms with E-state index in [1.165, 1.54) is 4.88 Å². The standard InChI is InChI=1S/C13H22BrN3OS/c1-4-16-12(18)8-17(5-2)13(9(3)15)10-6-7-11(14)19-10/h6-7,9,13H,4-5,8,15H2,1-3H3,(H,16,18). The van der Waals surface area contributed by atoms with Crippen LogP contribution in [0.3, 0.4) is 0 Å². The van der Waals surface area contributed by atoms with Gasteiger partial charge in [-0.3, -0.25) is 9.69 Å². The fourth-order valence-corrected chi connectivity index (χ4v) is 3.78. The van der Waals surface area contributed by atoms with Gasteiger partial charge in [0.15, 0.2) is 0 Å². The third-order valence-electron chi connectivity index (χ3n) is 2.90. The van der Waals surface area contributed by atoms with Crippen molar-refractivity contribution in [1.82, 2.24) is 10.2 Å². The molecule has 0 spiro atoms. The van der Waals surface area contributed by atoms with E-state index in [0.717, 1.165) is 10.3 Å². The molecule has 2 atom stereocenters. The van der Waals surface area contributed by atoms with Crippen LogP contribution in [0.2, 0.25) is 0 Å². The molecule has 1 aromatic rings. The first-order valence-electron chi connectivity index (χ1n) is 6.51. The summed E-state index contributed by atoms with van der Waals surface area (Å²) in [5, 5.41) is 2.83. The molecule has 1 aromatic heterocycles. The van der Waals surface area contributed by atoms with Crippen molar-refractivity contribution in [2.75, 3.05) is 19.6 Å². The molecule has 0 aromatic carbocycles. The van der Waals surface area contributed by atoms with Crippen molar-refractivity contribution in [2.45, 2.75) is 32.9 Å². The van der Waals surface area contributed by atoms with Gasteiger partial charge in [0.2, 0.25) is 5.91 Å². The molecule has 1 heterocycles. The highest BCUT2D eigenvalue weighted by Crippen LogP contribution is 2.32. The van der Waals surface area contributed by atoms with Crippen LogP contribution in [-0.2, 0) is 4.79 Å². The SMILES string of the molecule is CCNC(=O)CN(CC)C(c1ccc(Br)s1)C(C)N. The number of hydrogen-bond donors (Lipinski definition) is 2. The third-order valence-corrected chi connectivity index (χ3v) is 4.60. The zero-order chi connectivity index (χ0) is 14.4. The second kappa shape index (κ2) is 7.99. The molecule has 3 N–H and O–H groups in total. The van der Waals surface area contributed by atoms with E-state index in [2.05, 4.69) is 39.1 Å². The Balaban J connectivity index is 2.86. The molecule has 108 valence electrons. The summed E-state index contributed by atoms with van der Waals surface area (Å²) in [5.41, 5.74) is 6.12. The van der Waals surface area contributed by atoms with Gasteiger partial charge >= 0.3 is 0 Å². The second-order valence-corrected chi connectivity index (χ2v) is 6.96. The van der Waals surface area contributed by atoms with Crippen LogP contribution in [0.15, 0.2) is 15.9 Å². The Morgan fingerprint density at radius 3 is 2.63 bits per heavy atom. The Labute approximate surface area is 127 Å². The van der Waals surface area contributed by atoms with Crippen molar-refractivity contribution in [3.8, 4) is 0 Å². The Morgan fingerprint density at radius 2 is 2.21 bits per heavy atom. The summed E-state index contributed by atoms with van der Waals surface area (Å²) in [6.45, 7) is 7.79. The van der Waals surface area contributed by atoms with Crippen LogP contribution in [0.5, 0.6) is 0 Å². The van der Waals surface area contributed by atoms with Gasteiger partial charge in [-0.1, -0.05) is 6.92 Å². The molecule has 2 unspecified atom stereocenters. The Morgan fingerprint density at radius 1 is 1.53 bits per heavy atom. The maximum Gasteiger partial charge on any atom is 0.234 e. The van der Waals surface area contributed by atoms with Crippen LogP contribution < -0.4 is 11.1 Å². The minimum Gasteiger partial charge on any atom is -0.355 e. The lowest BCUT2D eigenvalue weighted by Crippen LogP contribution is -2.44. The van der Waals surface area contributed by atoms with E-state index in [1.54, 1.807) is 11.3 Å². The van der Waals surface area contributed by atoms with Gasteiger partial charge in [0.05, 0.1) is 16.4 Å². The van der Waals surface area contributed by atoms with Gasteiger partial charge in [-0.05, 0) is 48.5 Å². The lowest BCUT2D eigenvalue weighted by Gasteiger charge is -2.32. The quantitative estimate of drug-likeness (QED) is 0.795. The molecule has 0 aliphatic carbocycles. The van der Waals surface area contributed by atoms with E-state index in [0.29, 0.717) is 13.1 Å². The molecule has 0 aliphatic heterocycles. The number of thiophene rings is 1. The summed E-state index contributed by atoms with van der Waals surface area (Å²) in [6.07, 6.45) is 0. The zero-order valence-electron chi connectivity index (χ0n) is 11.6. The van der Waals surface area contributed by atoms with E-state index >= 15 is 0 Å². The van der Waals surface area contributed by atoms with Gasteiger partial charge in [-0.2, -0.15) is 0 Å². The van der Waals surface area contributed by atoms with Crippen LogP contribution in [-0.4, -0.2) is 36.5 Å². The van der Waals surface area contributed by atoms with E-state index < -0.39 is 0 Å². The number of amides is 1. The average Bonchev–Trinajstić information content (AvgIpc) is 2.74. The van der Waals surface area contributed by atoms with Gasteiger partial charge in [0.1, 0.15) is 0 Å². The molecule has 1 amide bonds. The van der Waals surface area contributed by atoms with E-state index in [9.17, 15) is 4.79 Å². The number of halogens is 1. The number of carbonyl (C=O) groups excluding carboxylic acids is 1. The fraction of sp³-hybridized carbons (Fsp3) is 0.615. The van der Waals surface area contributed by atoms with E-state index in [1.807, 2.05) is 19.9 Å². The maximum atomic E-state index is 11.8. The highest BCUT2D eigenvalue weighted by molar-refractivity contribution is 9.11. The smallest absolute Gasteiger partial charge is 0.234 e. The lowest BCUT2D eigenvalue weighted by atomic mass is 10.1. The first-order chi connectivity index (χ1) is 8.99. The second-order valence-electron chi connectivity index (χ2n) is 4.46. The minimum atomic E-state index is -0.0278. The molecule has 4 nitrogen and oxygen atoms in total. The predicted molar refractivity (Wildman–Crippen MR) is 84.3 cm³/mol. The molecule has 1 rings (SSSR count). The number of rotatable bonds is 7. The normalized spacial score (nSPS) is 14.4. The number of nitrogens with zero attached hydrogens (tertiary/aromatic N) is 1. The third kappa shape index (κ3) is 4.87. The van der Waals surface area contributed by atoms with Gasteiger partial charge < -0.3 is 11.1 Å². The molecule has 6 heteroatoms.